The second-order valence-corrected chi connectivity index (χ2v) is 11.3. The van der Waals surface area contributed by atoms with Gasteiger partial charge in [-0.1, -0.05) is 18.5 Å². The van der Waals surface area contributed by atoms with E-state index in [9.17, 15) is 9.00 Å². The lowest BCUT2D eigenvalue weighted by molar-refractivity contribution is -0.121. The molecule has 2 saturated heterocycles. The van der Waals surface area contributed by atoms with E-state index >= 15 is 0 Å². The van der Waals surface area contributed by atoms with Crippen molar-refractivity contribution in [3.63, 3.8) is 0 Å². The Labute approximate surface area is 207 Å². The number of aromatic nitrogens is 2. The Bertz CT molecular complexity index is 1090. The first kappa shape index (κ1) is 23.4. The molecule has 8 nitrogen and oxygen atoms in total. The van der Waals surface area contributed by atoms with Gasteiger partial charge in [-0.2, -0.15) is 4.98 Å². The third-order valence-corrected chi connectivity index (χ3v) is 8.87. The van der Waals surface area contributed by atoms with Gasteiger partial charge >= 0.3 is 0 Å². The highest BCUT2D eigenvalue weighted by atomic mass is 35.5. The van der Waals surface area contributed by atoms with Crippen LogP contribution in [0.1, 0.15) is 31.9 Å². The van der Waals surface area contributed by atoms with Gasteiger partial charge in [0.2, 0.25) is 11.9 Å². The topological polar surface area (TPSA) is 95.7 Å². The number of benzene rings is 1. The number of carbonyl (C=O) groups is 1. The Balaban J connectivity index is 1.38. The van der Waals surface area contributed by atoms with Crippen molar-refractivity contribution in [2.45, 2.75) is 43.5 Å². The van der Waals surface area contributed by atoms with E-state index in [2.05, 4.69) is 26.8 Å². The molecule has 4 heterocycles. The van der Waals surface area contributed by atoms with Gasteiger partial charge in [-0.05, 0) is 43.5 Å². The van der Waals surface area contributed by atoms with Crippen LogP contribution in [-0.4, -0.2) is 64.6 Å². The predicted molar refractivity (Wildman–Crippen MR) is 136 cm³/mol. The van der Waals surface area contributed by atoms with Crippen molar-refractivity contribution in [1.29, 1.82) is 0 Å². The van der Waals surface area contributed by atoms with E-state index in [0.29, 0.717) is 18.6 Å². The van der Waals surface area contributed by atoms with Gasteiger partial charge in [0.1, 0.15) is 4.90 Å². The summed E-state index contributed by atoms with van der Waals surface area (Å²) in [6.07, 6.45) is 3.41. The number of hydrogen-bond donors (Lipinski definition) is 1. The van der Waals surface area contributed by atoms with Crippen molar-refractivity contribution in [2.75, 3.05) is 53.2 Å². The summed E-state index contributed by atoms with van der Waals surface area (Å²) in [5, 5.41) is 0.740. The fourth-order valence-corrected chi connectivity index (χ4v) is 6.69. The minimum Gasteiger partial charge on any atom is -0.369 e. The minimum absolute atomic E-state index is 0.175. The van der Waals surface area contributed by atoms with E-state index in [0.717, 1.165) is 72.9 Å². The fourth-order valence-electron chi connectivity index (χ4n) is 5.20. The van der Waals surface area contributed by atoms with E-state index in [1.807, 2.05) is 19.1 Å². The summed E-state index contributed by atoms with van der Waals surface area (Å²) in [5.41, 5.74) is 7.62. The molecule has 1 aromatic carbocycles. The average molecular weight is 503 g/mol. The molecular weight excluding hydrogens is 472 g/mol. The summed E-state index contributed by atoms with van der Waals surface area (Å²) in [6.45, 7) is 6.09. The molecule has 3 atom stereocenters. The van der Waals surface area contributed by atoms with Gasteiger partial charge < -0.3 is 20.4 Å². The third-order valence-electron chi connectivity index (χ3n) is 7.17. The number of fused-ring (bicyclic) bond motifs is 1. The van der Waals surface area contributed by atoms with Gasteiger partial charge in [0.15, 0.2) is 5.82 Å². The Kier molecular flexibility index (Phi) is 6.66. The molecule has 3 aliphatic rings. The van der Waals surface area contributed by atoms with Crippen molar-refractivity contribution >= 4 is 45.8 Å². The Hall–Kier alpha value is -2.39. The molecule has 2 aromatic rings. The van der Waals surface area contributed by atoms with Crippen LogP contribution in [0.5, 0.6) is 0 Å². The molecule has 0 aliphatic carbocycles. The van der Waals surface area contributed by atoms with Crippen LogP contribution in [0, 0.1) is 5.92 Å². The van der Waals surface area contributed by atoms with E-state index in [1.165, 1.54) is 5.69 Å². The van der Waals surface area contributed by atoms with Crippen molar-refractivity contribution in [1.82, 2.24) is 9.97 Å². The van der Waals surface area contributed by atoms with Gasteiger partial charge in [-0.3, -0.25) is 9.00 Å². The number of hydrogen-bond acceptors (Lipinski definition) is 7. The molecule has 2 unspecified atom stereocenters. The minimum atomic E-state index is -1.08. The van der Waals surface area contributed by atoms with Crippen LogP contribution >= 0.6 is 11.6 Å². The average Bonchev–Trinajstić information content (AvgIpc) is 3.45. The SMILES string of the molecule is CC(C[C@@H]1CCCN1c1nc(N2CCN(c3ccc(Cl)cc3)CC2)nc2c1S(=O)CC2)C(N)=O. The molecule has 0 spiro atoms. The first-order valence-electron chi connectivity index (χ1n) is 12.0. The van der Waals surface area contributed by atoms with Crippen LogP contribution in [0.4, 0.5) is 17.5 Å². The second-order valence-electron chi connectivity index (χ2n) is 9.40. The summed E-state index contributed by atoms with van der Waals surface area (Å²) in [6, 6.07) is 8.12. The maximum atomic E-state index is 12.9. The van der Waals surface area contributed by atoms with Crippen molar-refractivity contribution in [3.05, 3.63) is 35.0 Å². The molecule has 0 saturated carbocycles. The van der Waals surface area contributed by atoms with Crippen LogP contribution in [0.15, 0.2) is 29.2 Å². The number of nitrogens with two attached hydrogens (primary N) is 1. The van der Waals surface area contributed by atoms with E-state index in [4.69, 9.17) is 27.3 Å². The molecule has 2 N–H and O–H groups in total. The molecule has 0 radical (unpaired) electrons. The Morgan fingerprint density at radius 1 is 1.15 bits per heavy atom. The molecule has 3 aliphatic heterocycles. The maximum Gasteiger partial charge on any atom is 0.227 e. The lowest BCUT2D eigenvalue weighted by Crippen LogP contribution is -2.47. The summed E-state index contributed by atoms with van der Waals surface area (Å²) in [5.74, 6) is 1.64. The smallest absolute Gasteiger partial charge is 0.227 e. The maximum absolute atomic E-state index is 12.9. The number of nitrogens with zero attached hydrogens (tertiary/aromatic N) is 5. The van der Waals surface area contributed by atoms with Crippen molar-refractivity contribution < 1.29 is 9.00 Å². The molecule has 5 rings (SSSR count). The molecular formula is C24H31ClN6O2S. The van der Waals surface area contributed by atoms with E-state index in [-0.39, 0.29) is 17.9 Å². The van der Waals surface area contributed by atoms with Gasteiger partial charge in [0.25, 0.3) is 0 Å². The quantitative estimate of drug-likeness (QED) is 0.648. The summed E-state index contributed by atoms with van der Waals surface area (Å²) in [4.78, 5) is 29.2. The number of amides is 1. The van der Waals surface area contributed by atoms with Crippen LogP contribution in [-0.2, 0) is 22.0 Å². The highest BCUT2D eigenvalue weighted by Gasteiger charge is 2.35. The number of halogens is 1. The second kappa shape index (κ2) is 9.70. The molecule has 182 valence electrons. The molecule has 34 heavy (non-hydrogen) atoms. The number of carbonyl (C=O) groups excluding carboxylic acids is 1. The van der Waals surface area contributed by atoms with Crippen LogP contribution in [0.3, 0.4) is 0 Å². The Morgan fingerprint density at radius 3 is 2.56 bits per heavy atom. The molecule has 1 aromatic heterocycles. The predicted octanol–water partition coefficient (Wildman–Crippen LogP) is 2.60. The van der Waals surface area contributed by atoms with Gasteiger partial charge in [0.05, 0.1) is 16.5 Å². The Morgan fingerprint density at radius 2 is 1.85 bits per heavy atom. The molecule has 10 heteroatoms. The van der Waals surface area contributed by atoms with Gasteiger partial charge in [0, 0.05) is 67.6 Å². The number of piperazine rings is 1. The highest BCUT2D eigenvalue weighted by molar-refractivity contribution is 7.85. The zero-order valence-corrected chi connectivity index (χ0v) is 21.0. The van der Waals surface area contributed by atoms with Crippen molar-refractivity contribution in [2.24, 2.45) is 11.7 Å². The molecule has 0 bridgehead atoms. The summed E-state index contributed by atoms with van der Waals surface area (Å²) >= 11 is 6.04. The third kappa shape index (κ3) is 4.60. The first-order chi connectivity index (χ1) is 16.4. The lowest BCUT2D eigenvalue weighted by Gasteiger charge is -2.37. The molecule has 2 fully saturated rings. The number of aryl methyl sites for hydroxylation is 1. The number of primary amides is 1. The van der Waals surface area contributed by atoms with Crippen LogP contribution in [0.2, 0.25) is 5.02 Å². The zero-order valence-electron chi connectivity index (χ0n) is 19.5. The van der Waals surface area contributed by atoms with Gasteiger partial charge in [-0.25, -0.2) is 4.98 Å². The van der Waals surface area contributed by atoms with Crippen LogP contribution in [0.25, 0.3) is 0 Å². The summed E-state index contributed by atoms with van der Waals surface area (Å²) < 4.78 is 12.9. The summed E-state index contributed by atoms with van der Waals surface area (Å²) in [7, 11) is -1.08. The highest BCUT2D eigenvalue weighted by Crippen LogP contribution is 2.37. The van der Waals surface area contributed by atoms with E-state index in [1.54, 1.807) is 0 Å². The van der Waals surface area contributed by atoms with Gasteiger partial charge in [-0.15, -0.1) is 0 Å². The lowest BCUT2D eigenvalue weighted by atomic mass is 9.99. The fraction of sp³-hybridized carbons (Fsp3) is 0.542. The largest absolute Gasteiger partial charge is 0.369 e. The monoisotopic (exact) mass is 502 g/mol. The van der Waals surface area contributed by atoms with Crippen LogP contribution < -0.4 is 20.4 Å². The normalized spacial score (nSPS) is 23.3. The molecule has 1 amide bonds. The number of anilines is 3. The standard InChI is InChI=1S/C24H31ClN6O2S/c1-16(22(26)32)15-19-3-2-9-31(19)23-21-20(8-14-34(21)33)27-24(28-23)30-12-10-29(11-13-30)18-6-4-17(25)5-7-18/h4-7,16,19H,2-3,8-15H2,1H3,(H2,26,32)/t16?,19-,34?/m0/s1. The first-order valence-corrected chi connectivity index (χ1v) is 13.7. The van der Waals surface area contributed by atoms with E-state index < -0.39 is 10.8 Å². The van der Waals surface area contributed by atoms with Crippen molar-refractivity contribution in [3.8, 4) is 0 Å². The number of rotatable bonds is 6. The zero-order chi connectivity index (χ0) is 23.8.